The molecule has 2 aromatic rings. The van der Waals surface area contributed by atoms with Gasteiger partial charge in [-0.05, 0) is 44.6 Å². The number of para-hydroxylation sites is 1. The maximum absolute atomic E-state index is 10.8. The standard InChI is InChI=1S/2C11H13NO3/c1-2-10-5-3-8-7-9(12(13)14)4-6-11(8)15-10;1-2-9-7-6-8-4-3-5-10(12(13)14)11(8)15-9/h4,6-7,10H,2-3,5H2,1H3;3-5,9H,2,6-7H2,1H3. The molecule has 4 rings (SSSR count). The second kappa shape index (κ2) is 9.56. The van der Waals surface area contributed by atoms with Crippen LogP contribution in [0.3, 0.4) is 0 Å². The highest BCUT2D eigenvalue weighted by atomic mass is 16.6. The summed E-state index contributed by atoms with van der Waals surface area (Å²) in [5.74, 6) is 1.28. The van der Waals surface area contributed by atoms with Gasteiger partial charge in [0.05, 0.1) is 22.1 Å². The van der Waals surface area contributed by atoms with Crippen molar-refractivity contribution in [3.05, 3.63) is 67.8 Å². The SMILES string of the molecule is CCC1CCc2cc([N+](=O)[O-])ccc2O1.CCC1CCc2cccc([N+](=O)[O-])c2O1. The molecule has 2 aliphatic rings. The van der Waals surface area contributed by atoms with E-state index in [4.69, 9.17) is 9.47 Å². The third kappa shape index (κ3) is 4.87. The molecule has 2 atom stereocenters. The Bertz CT molecular complexity index is 928. The highest BCUT2D eigenvalue weighted by Crippen LogP contribution is 2.36. The minimum atomic E-state index is -0.378. The zero-order chi connectivity index (χ0) is 21.7. The average molecular weight is 414 g/mol. The predicted molar refractivity (Wildman–Crippen MR) is 112 cm³/mol. The number of ether oxygens (including phenoxy) is 2. The summed E-state index contributed by atoms with van der Waals surface area (Å²) in [5.41, 5.74) is 2.14. The van der Waals surface area contributed by atoms with E-state index in [2.05, 4.69) is 6.92 Å². The van der Waals surface area contributed by atoms with Crippen molar-refractivity contribution >= 4 is 11.4 Å². The zero-order valence-corrected chi connectivity index (χ0v) is 17.2. The van der Waals surface area contributed by atoms with E-state index in [1.807, 2.05) is 13.0 Å². The molecular formula is C22H26N2O6. The third-order valence-corrected chi connectivity index (χ3v) is 5.49. The van der Waals surface area contributed by atoms with E-state index in [0.717, 1.165) is 55.4 Å². The fourth-order valence-electron chi connectivity index (χ4n) is 3.71. The van der Waals surface area contributed by atoms with Gasteiger partial charge in [0.25, 0.3) is 5.69 Å². The van der Waals surface area contributed by atoms with Crippen LogP contribution in [0.4, 0.5) is 11.4 Å². The van der Waals surface area contributed by atoms with E-state index >= 15 is 0 Å². The normalized spacial score (nSPS) is 19.1. The number of fused-ring (bicyclic) bond motifs is 2. The molecule has 0 fully saturated rings. The Morgan fingerprint density at radius 3 is 2.20 bits per heavy atom. The van der Waals surface area contributed by atoms with Crippen LogP contribution in [0.1, 0.15) is 50.7 Å². The third-order valence-electron chi connectivity index (χ3n) is 5.49. The van der Waals surface area contributed by atoms with Crippen LogP contribution in [0, 0.1) is 20.2 Å². The smallest absolute Gasteiger partial charge is 0.311 e. The van der Waals surface area contributed by atoms with Gasteiger partial charge in [0.15, 0.2) is 0 Å². The minimum absolute atomic E-state index is 0.0886. The molecule has 0 bridgehead atoms. The van der Waals surface area contributed by atoms with Crippen LogP contribution in [-0.2, 0) is 12.8 Å². The fraction of sp³-hybridized carbons (Fsp3) is 0.455. The van der Waals surface area contributed by atoms with Gasteiger partial charge in [0.1, 0.15) is 5.75 Å². The second-order valence-corrected chi connectivity index (χ2v) is 7.45. The molecule has 0 N–H and O–H groups in total. The lowest BCUT2D eigenvalue weighted by molar-refractivity contribution is -0.386. The maximum Gasteiger partial charge on any atom is 0.311 e. The summed E-state index contributed by atoms with van der Waals surface area (Å²) in [6, 6.07) is 9.92. The zero-order valence-electron chi connectivity index (χ0n) is 17.2. The monoisotopic (exact) mass is 414 g/mol. The first-order chi connectivity index (χ1) is 14.4. The number of hydrogen-bond acceptors (Lipinski definition) is 6. The molecular weight excluding hydrogens is 388 g/mol. The summed E-state index contributed by atoms with van der Waals surface area (Å²) >= 11 is 0. The molecule has 2 heterocycles. The average Bonchev–Trinajstić information content (AvgIpc) is 2.77. The number of benzene rings is 2. The number of aryl methyl sites for hydroxylation is 2. The van der Waals surface area contributed by atoms with Gasteiger partial charge in [-0.2, -0.15) is 0 Å². The largest absolute Gasteiger partial charge is 0.490 e. The van der Waals surface area contributed by atoms with Gasteiger partial charge in [-0.1, -0.05) is 26.0 Å². The fourth-order valence-corrected chi connectivity index (χ4v) is 3.71. The van der Waals surface area contributed by atoms with Gasteiger partial charge in [-0.15, -0.1) is 0 Å². The van der Waals surface area contributed by atoms with Crippen LogP contribution >= 0.6 is 0 Å². The number of nitrogens with zero attached hydrogens (tertiary/aromatic N) is 2. The van der Waals surface area contributed by atoms with Crippen molar-refractivity contribution in [3.63, 3.8) is 0 Å². The van der Waals surface area contributed by atoms with E-state index in [1.165, 1.54) is 12.1 Å². The Morgan fingerprint density at radius 2 is 1.57 bits per heavy atom. The Kier molecular flexibility index (Phi) is 6.87. The van der Waals surface area contributed by atoms with E-state index < -0.39 is 0 Å². The number of rotatable bonds is 4. The van der Waals surface area contributed by atoms with Crippen molar-refractivity contribution in [1.29, 1.82) is 0 Å². The van der Waals surface area contributed by atoms with Crippen molar-refractivity contribution < 1.29 is 19.3 Å². The Labute approximate surface area is 175 Å². The maximum atomic E-state index is 10.8. The Balaban J connectivity index is 0.000000171. The van der Waals surface area contributed by atoms with E-state index in [-0.39, 0.29) is 33.4 Å². The highest BCUT2D eigenvalue weighted by molar-refractivity contribution is 5.52. The highest BCUT2D eigenvalue weighted by Gasteiger charge is 2.26. The second-order valence-electron chi connectivity index (χ2n) is 7.45. The minimum Gasteiger partial charge on any atom is -0.490 e. The van der Waals surface area contributed by atoms with Crippen LogP contribution in [0.15, 0.2) is 36.4 Å². The van der Waals surface area contributed by atoms with Crippen LogP contribution in [-0.4, -0.2) is 22.1 Å². The summed E-state index contributed by atoms with van der Waals surface area (Å²) < 4.78 is 11.3. The van der Waals surface area contributed by atoms with Gasteiger partial charge in [0.2, 0.25) is 5.75 Å². The molecule has 0 radical (unpaired) electrons. The number of nitro groups is 2. The van der Waals surface area contributed by atoms with Gasteiger partial charge in [-0.25, -0.2) is 0 Å². The quantitative estimate of drug-likeness (QED) is 0.490. The van der Waals surface area contributed by atoms with Gasteiger partial charge >= 0.3 is 5.69 Å². The molecule has 0 spiro atoms. The molecule has 160 valence electrons. The summed E-state index contributed by atoms with van der Waals surface area (Å²) in [4.78, 5) is 20.6. The van der Waals surface area contributed by atoms with Gasteiger partial charge < -0.3 is 9.47 Å². The molecule has 0 amide bonds. The molecule has 2 aromatic carbocycles. The molecule has 2 unspecified atom stereocenters. The summed E-state index contributed by atoms with van der Waals surface area (Å²) in [5, 5.41) is 21.4. The number of nitro benzene ring substituents is 2. The lowest BCUT2D eigenvalue weighted by Crippen LogP contribution is -2.22. The van der Waals surface area contributed by atoms with Crippen molar-refractivity contribution in [2.45, 2.75) is 64.6 Å². The van der Waals surface area contributed by atoms with E-state index in [0.29, 0.717) is 5.75 Å². The van der Waals surface area contributed by atoms with Crippen LogP contribution in [0.2, 0.25) is 0 Å². The van der Waals surface area contributed by atoms with Crippen molar-refractivity contribution in [2.75, 3.05) is 0 Å². The lowest BCUT2D eigenvalue weighted by Gasteiger charge is -2.24. The molecule has 2 aliphatic heterocycles. The van der Waals surface area contributed by atoms with Gasteiger partial charge in [-0.3, -0.25) is 20.2 Å². The first-order valence-corrected chi connectivity index (χ1v) is 10.3. The topological polar surface area (TPSA) is 105 Å². The van der Waals surface area contributed by atoms with Crippen LogP contribution < -0.4 is 9.47 Å². The first-order valence-electron chi connectivity index (χ1n) is 10.3. The summed E-state index contributed by atoms with van der Waals surface area (Å²) in [6.07, 6.45) is 5.90. The van der Waals surface area contributed by atoms with E-state index in [1.54, 1.807) is 18.2 Å². The molecule has 0 aromatic heterocycles. The molecule has 30 heavy (non-hydrogen) atoms. The van der Waals surface area contributed by atoms with Crippen molar-refractivity contribution in [1.82, 2.24) is 0 Å². The van der Waals surface area contributed by atoms with Crippen molar-refractivity contribution in [3.8, 4) is 11.5 Å². The molecule has 0 saturated heterocycles. The van der Waals surface area contributed by atoms with E-state index in [9.17, 15) is 20.2 Å². The molecule has 8 nitrogen and oxygen atoms in total. The summed E-state index contributed by atoms with van der Waals surface area (Å²) in [6.45, 7) is 4.12. The van der Waals surface area contributed by atoms with Gasteiger partial charge in [0, 0.05) is 29.3 Å². The van der Waals surface area contributed by atoms with Crippen LogP contribution in [0.5, 0.6) is 11.5 Å². The molecule has 8 heteroatoms. The molecule has 0 saturated carbocycles. The Morgan fingerprint density at radius 1 is 0.900 bits per heavy atom. The number of non-ortho nitro benzene ring substituents is 1. The number of hydrogen-bond donors (Lipinski definition) is 0. The lowest BCUT2D eigenvalue weighted by atomic mass is 10.0. The summed E-state index contributed by atoms with van der Waals surface area (Å²) in [7, 11) is 0. The Hall–Kier alpha value is -3.16. The van der Waals surface area contributed by atoms with Crippen molar-refractivity contribution in [2.24, 2.45) is 0 Å². The molecule has 0 aliphatic carbocycles. The van der Waals surface area contributed by atoms with Crippen LogP contribution in [0.25, 0.3) is 0 Å². The first kappa shape index (κ1) is 21.5. The predicted octanol–water partition coefficient (Wildman–Crippen LogP) is 5.40.